The number of aromatic nitrogens is 2. The van der Waals surface area contributed by atoms with Gasteiger partial charge < -0.3 is 9.64 Å². The zero-order valence-corrected chi connectivity index (χ0v) is 11.8. The summed E-state index contributed by atoms with van der Waals surface area (Å²) in [5.74, 6) is -0.192. The number of nitrogens with zero attached hydrogens (tertiary/aromatic N) is 3. The number of halogens is 2. The van der Waals surface area contributed by atoms with Gasteiger partial charge in [-0.05, 0) is 6.92 Å². The lowest BCUT2D eigenvalue weighted by Gasteiger charge is -2.31. The minimum absolute atomic E-state index is 0.00353. The molecule has 0 N–H and O–H groups in total. The van der Waals surface area contributed by atoms with E-state index < -0.39 is 5.56 Å². The Kier molecular flexibility index (Phi) is 4.44. The van der Waals surface area contributed by atoms with Crippen molar-refractivity contribution in [2.45, 2.75) is 19.6 Å². The summed E-state index contributed by atoms with van der Waals surface area (Å²) in [4.78, 5) is 25.5. The largest absolute Gasteiger partial charge is 0.375 e. The molecule has 6 nitrogen and oxygen atoms in total. The fourth-order valence-electron chi connectivity index (χ4n) is 1.83. The highest BCUT2D eigenvalue weighted by Gasteiger charge is 2.22. The van der Waals surface area contributed by atoms with Crippen molar-refractivity contribution >= 4 is 29.1 Å². The summed E-state index contributed by atoms with van der Waals surface area (Å²) >= 11 is 11.4. The number of morpholine rings is 1. The smallest absolute Gasteiger partial charge is 0.287 e. The van der Waals surface area contributed by atoms with E-state index in [-0.39, 0.29) is 28.6 Å². The molecule has 1 aromatic heterocycles. The van der Waals surface area contributed by atoms with Gasteiger partial charge in [0, 0.05) is 13.1 Å². The van der Waals surface area contributed by atoms with Gasteiger partial charge in [0.2, 0.25) is 5.91 Å². The Labute approximate surface area is 119 Å². The van der Waals surface area contributed by atoms with Crippen LogP contribution in [0, 0.1) is 0 Å². The van der Waals surface area contributed by atoms with E-state index in [9.17, 15) is 9.59 Å². The summed E-state index contributed by atoms with van der Waals surface area (Å²) in [7, 11) is 0. The Morgan fingerprint density at radius 3 is 3.00 bits per heavy atom. The summed E-state index contributed by atoms with van der Waals surface area (Å²) in [6.07, 6.45) is 1.25. The van der Waals surface area contributed by atoms with Gasteiger partial charge in [0.15, 0.2) is 0 Å². The predicted molar refractivity (Wildman–Crippen MR) is 70.5 cm³/mol. The lowest BCUT2D eigenvalue weighted by molar-refractivity contribution is -0.139. The third-order valence-electron chi connectivity index (χ3n) is 2.82. The fraction of sp³-hybridized carbons (Fsp3) is 0.545. The zero-order chi connectivity index (χ0) is 14.0. The predicted octanol–water partition coefficient (Wildman–Crippen LogP) is 0.797. The molecule has 1 fully saturated rings. The highest BCUT2D eigenvalue weighted by atomic mass is 35.5. The Hall–Kier alpha value is -1.11. The lowest BCUT2D eigenvalue weighted by Crippen LogP contribution is -2.46. The van der Waals surface area contributed by atoms with Crippen LogP contribution in [0.1, 0.15) is 6.92 Å². The molecule has 1 atom stereocenters. The van der Waals surface area contributed by atoms with Crippen LogP contribution in [0.4, 0.5) is 0 Å². The van der Waals surface area contributed by atoms with Gasteiger partial charge in [-0.3, -0.25) is 9.59 Å². The number of carbonyl (C=O) groups excluding carboxylic acids is 1. The maximum absolute atomic E-state index is 12.1. The van der Waals surface area contributed by atoms with Crippen molar-refractivity contribution in [2.24, 2.45) is 0 Å². The molecule has 1 aliphatic heterocycles. The first-order valence-electron chi connectivity index (χ1n) is 5.79. The van der Waals surface area contributed by atoms with Gasteiger partial charge in [0.1, 0.15) is 11.6 Å². The van der Waals surface area contributed by atoms with Crippen LogP contribution in [0.15, 0.2) is 11.0 Å². The van der Waals surface area contributed by atoms with Crippen molar-refractivity contribution in [1.82, 2.24) is 14.7 Å². The van der Waals surface area contributed by atoms with E-state index >= 15 is 0 Å². The molecule has 2 heterocycles. The number of ether oxygens (including phenoxy) is 1. The van der Waals surface area contributed by atoms with Crippen LogP contribution in [0.5, 0.6) is 0 Å². The number of carbonyl (C=O) groups is 1. The number of hydrogen-bond acceptors (Lipinski definition) is 4. The van der Waals surface area contributed by atoms with Gasteiger partial charge in [-0.15, -0.1) is 0 Å². The number of hydrogen-bond donors (Lipinski definition) is 0. The van der Waals surface area contributed by atoms with Crippen LogP contribution in [0.2, 0.25) is 10.0 Å². The molecule has 104 valence electrons. The topological polar surface area (TPSA) is 64.4 Å². The van der Waals surface area contributed by atoms with Crippen LogP contribution in [-0.2, 0) is 16.1 Å². The van der Waals surface area contributed by atoms with E-state index in [1.165, 1.54) is 6.20 Å². The molecule has 0 aromatic carbocycles. The first-order valence-corrected chi connectivity index (χ1v) is 6.55. The fourth-order valence-corrected chi connectivity index (χ4v) is 2.10. The monoisotopic (exact) mass is 305 g/mol. The Bertz CT molecular complexity index is 546. The van der Waals surface area contributed by atoms with Crippen molar-refractivity contribution in [3.8, 4) is 0 Å². The second-order valence-corrected chi connectivity index (χ2v) is 5.08. The van der Waals surface area contributed by atoms with Crippen molar-refractivity contribution in [2.75, 3.05) is 19.7 Å². The van der Waals surface area contributed by atoms with Crippen LogP contribution in [0.3, 0.4) is 0 Å². The number of rotatable bonds is 2. The molecule has 0 aliphatic carbocycles. The molecule has 1 amide bonds. The Morgan fingerprint density at radius 2 is 2.32 bits per heavy atom. The molecule has 8 heteroatoms. The third kappa shape index (κ3) is 3.26. The minimum Gasteiger partial charge on any atom is -0.375 e. The molecule has 0 unspecified atom stereocenters. The maximum Gasteiger partial charge on any atom is 0.287 e. The molecule has 0 spiro atoms. The van der Waals surface area contributed by atoms with Gasteiger partial charge in [0.05, 0.1) is 23.9 Å². The van der Waals surface area contributed by atoms with Gasteiger partial charge in [-0.25, -0.2) is 4.68 Å². The molecule has 19 heavy (non-hydrogen) atoms. The van der Waals surface area contributed by atoms with E-state index in [0.717, 1.165) is 4.68 Å². The average Bonchev–Trinajstić information content (AvgIpc) is 2.39. The first-order chi connectivity index (χ1) is 8.99. The molecule has 0 saturated carbocycles. The molecule has 1 aromatic rings. The standard InChI is InChI=1S/C11H13Cl2N3O3/c1-7-5-15(2-3-19-7)9(17)6-16-11(18)10(13)8(12)4-14-16/h4,7H,2-3,5-6H2,1H3/t7-/m1/s1. The van der Waals surface area contributed by atoms with Crippen molar-refractivity contribution in [1.29, 1.82) is 0 Å². The summed E-state index contributed by atoms with van der Waals surface area (Å²) in [6.45, 7) is 3.26. The highest BCUT2D eigenvalue weighted by molar-refractivity contribution is 6.41. The Balaban J connectivity index is 2.11. The summed E-state index contributed by atoms with van der Waals surface area (Å²) in [5, 5.41) is 3.76. The van der Waals surface area contributed by atoms with Crippen LogP contribution < -0.4 is 5.56 Å². The SMILES string of the molecule is C[C@@H]1CN(C(=O)Cn2ncc(Cl)c(Cl)c2=O)CCO1. The van der Waals surface area contributed by atoms with Crippen molar-refractivity contribution < 1.29 is 9.53 Å². The normalized spacial score (nSPS) is 19.5. The first kappa shape index (κ1) is 14.3. The van der Waals surface area contributed by atoms with E-state index in [2.05, 4.69) is 5.10 Å². The zero-order valence-electron chi connectivity index (χ0n) is 10.3. The summed E-state index contributed by atoms with van der Waals surface area (Å²) in [6, 6.07) is 0. The highest BCUT2D eigenvalue weighted by Crippen LogP contribution is 2.14. The van der Waals surface area contributed by atoms with Crippen LogP contribution in [-0.4, -0.2) is 46.4 Å². The molecule has 0 bridgehead atoms. The van der Waals surface area contributed by atoms with Crippen molar-refractivity contribution in [3.05, 3.63) is 26.6 Å². The maximum atomic E-state index is 12.1. The molecular weight excluding hydrogens is 293 g/mol. The molecular formula is C11H13Cl2N3O3. The van der Waals surface area contributed by atoms with E-state index in [1.54, 1.807) is 4.90 Å². The van der Waals surface area contributed by atoms with Gasteiger partial charge in [-0.1, -0.05) is 23.2 Å². The minimum atomic E-state index is -0.566. The van der Waals surface area contributed by atoms with E-state index in [0.29, 0.717) is 19.7 Å². The van der Waals surface area contributed by atoms with E-state index in [1.807, 2.05) is 6.92 Å². The van der Waals surface area contributed by atoms with Gasteiger partial charge in [-0.2, -0.15) is 5.10 Å². The average molecular weight is 306 g/mol. The summed E-state index contributed by atoms with van der Waals surface area (Å²) < 4.78 is 6.36. The van der Waals surface area contributed by atoms with Gasteiger partial charge in [0.25, 0.3) is 5.56 Å². The third-order valence-corrected chi connectivity index (χ3v) is 3.57. The van der Waals surface area contributed by atoms with Crippen molar-refractivity contribution in [3.63, 3.8) is 0 Å². The number of amides is 1. The van der Waals surface area contributed by atoms with Crippen LogP contribution in [0.25, 0.3) is 0 Å². The second-order valence-electron chi connectivity index (χ2n) is 4.29. The lowest BCUT2D eigenvalue weighted by atomic mass is 10.3. The van der Waals surface area contributed by atoms with Gasteiger partial charge >= 0.3 is 0 Å². The Morgan fingerprint density at radius 1 is 1.58 bits per heavy atom. The molecule has 1 aliphatic rings. The molecule has 0 radical (unpaired) electrons. The van der Waals surface area contributed by atoms with Crippen LogP contribution >= 0.6 is 23.2 Å². The second kappa shape index (κ2) is 5.90. The quantitative estimate of drug-likeness (QED) is 0.810. The molecule has 2 rings (SSSR count). The van der Waals surface area contributed by atoms with E-state index in [4.69, 9.17) is 27.9 Å². The molecule has 1 saturated heterocycles. The summed E-state index contributed by atoms with van der Waals surface area (Å²) in [5.41, 5.74) is -0.566.